The minimum atomic E-state index is 0.777. The van der Waals surface area contributed by atoms with E-state index < -0.39 is 0 Å². The number of hydrogen-bond donors (Lipinski definition) is 1. The molecule has 0 aromatic carbocycles. The first kappa shape index (κ1) is 13.2. The molecule has 0 aliphatic carbocycles. The molecule has 0 bridgehead atoms. The monoisotopic (exact) mass is 225 g/mol. The van der Waals surface area contributed by atoms with Gasteiger partial charge in [0.05, 0.1) is 12.2 Å². The van der Waals surface area contributed by atoms with Gasteiger partial charge in [0.15, 0.2) is 5.76 Å². The van der Waals surface area contributed by atoms with Gasteiger partial charge in [-0.2, -0.15) is 0 Å². The van der Waals surface area contributed by atoms with E-state index in [1.54, 1.807) is 0 Å². The molecular formula is C12H23N3O. The van der Waals surface area contributed by atoms with E-state index in [2.05, 4.69) is 29.2 Å². The van der Waals surface area contributed by atoms with Gasteiger partial charge < -0.3 is 14.7 Å². The maximum absolute atomic E-state index is 5.11. The maximum Gasteiger partial charge on any atom is 0.150 e. The minimum Gasteiger partial charge on any atom is -0.360 e. The lowest BCUT2D eigenvalue weighted by Gasteiger charge is -2.17. The van der Waals surface area contributed by atoms with E-state index >= 15 is 0 Å². The standard InChI is InChI=1S/C12H23N3O/c1-4-15(5-2)8-6-7-13-10-12-9-11(3)14-16-12/h9,13H,4-8,10H2,1-3H3. The van der Waals surface area contributed by atoms with Crippen LogP contribution in [0, 0.1) is 6.92 Å². The first-order valence-corrected chi connectivity index (χ1v) is 6.11. The van der Waals surface area contributed by atoms with E-state index in [1.165, 1.54) is 6.42 Å². The molecule has 0 unspecified atom stereocenters. The number of aryl methyl sites for hydroxylation is 1. The summed E-state index contributed by atoms with van der Waals surface area (Å²) in [5, 5.41) is 7.21. The lowest BCUT2D eigenvalue weighted by atomic mass is 10.3. The molecule has 0 fully saturated rings. The van der Waals surface area contributed by atoms with Gasteiger partial charge in [-0.25, -0.2) is 0 Å². The molecule has 92 valence electrons. The van der Waals surface area contributed by atoms with E-state index in [1.807, 2.05) is 13.0 Å². The van der Waals surface area contributed by atoms with Crippen LogP contribution in [0.5, 0.6) is 0 Å². The average Bonchev–Trinajstić information content (AvgIpc) is 2.70. The van der Waals surface area contributed by atoms with Crippen LogP contribution in [0.15, 0.2) is 10.6 Å². The lowest BCUT2D eigenvalue weighted by Crippen LogP contribution is -2.27. The van der Waals surface area contributed by atoms with Crippen molar-refractivity contribution in [3.63, 3.8) is 0 Å². The molecule has 1 N–H and O–H groups in total. The molecule has 0 spiro atoms. The summed E-state index contributed by atoms with van der Waals surface area (Å²) in [5.74, 6) is 0.917. The second-order valence-corrected chi connectivity index (χ2v) is 3.99. The number of aromatic nitrogens is 1. The molecule has 0 saturated heterocycles. The third-order valence-electron chi connectivity index (χ3n) is 2.70. The minimum absolute atomic E-state index is 0.777. The zero-order chi connectivity index (χ0) is 11.8. The molecule has 1 aromatic heterocycles. The maximum atomic E-state index is 5.11. The van der Waals surface area contributed by atoms with Crippen LogP contribution in [-0.4, -0.2) is 36.2 Å². The van der Waals surface area contributed by atoms with Crippen LogP contribution in [0.3, 0.4) is 0 Å². The summed E-state index contributed by atoms with van der Waals surface area (Å²) in [6.45, 7) is 11.6. The Hall–Kier alpha value is -0.870. The summed E-state index contributed by atoms with van der Waals surface area (Å²) in [6.07, 6.45) is 1.18. The fourth-order valence-electron chi connectivity index (χ4n) is 1.68. The summed E-state index contributed by atoms with van der Waals surface area (Å²) in [6, 6.07) is 1.97. The van der Waals surface area contributed by atoms with Crippen molar-refractivity contribution in [3.8, 4) is 0 Å². The highest BCUT2D eigenvalue weighted by molar-refractivity contribution is 5.02. The van der Waals surface area contributed by atoms with Crippen molar-refractivity contribution in [1.29, 1.82) is 0 Å². The van der Waals surface area contributed by atoms with Crippen LogP contribution in [0.25, 0.3) is 0 Å². The zero-order valence-electron chi connectivity index (χ0n) is 10.6. The average molecular weight is 225 g/mol. The van der Waals surface area contributed by atoms with Gasteiger partial charge in [0.1, 0.15) is 0 Å². The molecule has 0 amide bonds. The Bertz CT molecular complexity index is 282. The number of rotatable bonds is 8. The number of hydrogen-bond acceptors (Lipinski definition) is 4. The van der Waals surface area contributed by atoms with E-state index in [4.69, 9.17) is 4.52 Å². The van der Waals surface area contributed by atoms with Gasteiger partial charge in [-0.05, 0) is 39.5 Å². The fourth-order valence-corrected chi connectivity index (χ4v) is 1.68. The fraction of sp³-hybridized carbons (Fsp3) is 0.750. The second kappa shape index (κ2) is 7.41. The van der Waals surface area contributed by atoms with Gasteiger partial charge in [-0.15, -0.1) is 0 Å². The summed E-state index contributed by atoms with van der Waals surface area (Å²) in [7, 11) is 0. The van der Waals surface area contributed by atoms with Crippen molar-refractivity contribution in [2.45, 2.75) is 33.7 Å². The van der Waals surface area contributed by atoms with Gasteiger partial charge in [0, 0.05) is 6.07 Å². The molecular weight excluding hydrogens is 202 g/mol. The molecule has 0 aliphatic heterocycles. The summed E-state index contributed by atoms with van der Waals surface area (Å²) < 4.78 is 5.11. The van der Waals surface area contributed by atoms with Crippen LogP contribution >= 0.6 is 0 Å². The van der Waals surface area contributed by atoms with E-state index in [-0.39, 0.29) is 0 Å². The van der Waals surface area contributed by atoms with Crippen LogP contribution in [0.1, 0.15) is 31.7 Å². The summed E-state index contributed by atoms with van der Waals surface area (Å²) in [5.41, 5.74) is 0.944. The summed E-state index contributed by atoms with van der Waals surface area (Å²) in [4.78, 5) is 2.43. The number of nitrogens with one attached hydrogen (secondary N) is 1. The highest BCUT2D eigenvalue weighted by Crippen LogP contribution is 2.00. The predicted octanol–water partition coefficient (Wildman–Crippen LogP) is 1.80. The largest absolute Gasteiger partial charge is 0.360 e. The Labute approximate surface area is 98.0 Å². The molecule has 4 nitrogen and oxygen atoms in total. The van der Waals surface area contributed by atoms with Crippen LogP contribution in [0.4, 0.5) is 0 Å². The highest BCUT2D eigenvalue weighted by atomic mass is 16.5. The Morgan fingerprint density at radius 2 is 2.12 bits per heavy atom. The Morgan fingerprint density at radius 3 is 2.69 bits per heavy atom. The van der Waals surface area contributed by atoms with Crippen molar-refractivity contribution in [1.82, 2.24) is 15.4 Å². The van der Waals surface area contributed by atoms with Gasteiger partial charge in [-0.1, -0.05) is 19.0 Å². The first-order chi connectivity index (χ1) is 7.76. The normalized spacial score (nSPS) is 11.2. The molecule has 0 radical (unpaired) electrons. The van der Waals surface area contributed by atoms with Gasteiger partial charge in [0.25, 0.3) is 0 Å². The van der Waals surface area contributed by atoms with Crippen LogP contribution in [0.2, 0.25) is 0 Å². The summed E-state index contributed by atoms with van der Waals surface area (Å²) >= 11 is 0. The predicted molar refractivity (Wildman–Crippen MR) is 65.4 cm³/mol. The zero-order valence-corrected chi connectivity index (χ0v) is 10.6. The SMILES string of the molecule is CCN(CC)CCCNCc1cc(C)no1. The van der Waals surface area contributed by atoms with Gasteiger partial charge >= 0.3 is 0 Å². The van der Waals surface area contributed by atoms with Crippen LogP contribution in [-0.2, 0) is 6.54 Å². The van der Waals surface area contributed by atoms with Crippen molar-refractivity contribution in [2.75, 3.05) is 26.2 Å². The van der Waals surface area contributed by atoms with Crippen molar-refractivity contribution >= 4 is 0 Å². The Balaban J connectivity index is 2.04. The van der Waals surface area contributed by atoms with Crippen LogP contribution < -0.4 is 5.32 Å². The molecule has 1 heterocycles. The third-order valence-corrected chi connectivity index (χ3v) is 2.70. The van der Waals surface area contributed by atoms with E-state index in [0.29, 0.717) is 0 Å². The third kappa shape index (κ3) is 4.77. The molecule has 1 rings (SSSR count). The van der Waals surface area contributed by atoms with E-state index in [9.17, 15) is 0 Å². The Morgan fingerprint density at radius 1 is 1.38 bits per heavy atom. The molecule has 0 atom stereocenters. The molecule has 0 aliphatic rings. The van der Waals surface area contributed by atoms with E-state index in [0.717, 1.165) is 44.2 Å². The van der Waals surface area contributed by atoms with Crippen molar-refractivity contribution < 1.29 is 4.52 Å². The molecule has 0 saturated carbocycles. The molecule has 4 heteroatoms. The topological polar surface area (TPSA) is 41.3 Å². The van der Waals surface area contributed by atoms with Gasteiger partial charge in [0.2, 0.25) is 0 Å². The van der Waals surface area contributed by atoms with Gasteiger partial charge in [-0.3, -0.25) is 0 Å². The Kier molecular flexibility index (Phi) is 6.11. The first-order valence-electron chi connectivity index (χ1n) is 6.11. The number of nitrogens with zero attached hydrogens (tertiary/aromatic N) is 2. The quantitative estimate of drug-likeness (QED) is 0.685. The lowest BCUT2D eigenvalue weighted by molar-refractivity contribution is 0.296. The highest BCUT2D eigenvalue weighted by Gasteiger charge is 2.00. The second-order valence-electron chi connectivity index (χ2n) is 3.99. The van der Waals surface area contributed by atoms with Crippen molar-refractivity contribution in [2.24, 2.45) is 0 Å². The molecule has 16 heavy (non-hydrogen) atoms. The molecule has 1 aromatic rings. The van der Waals surface area contributed by atoms with Crippen molar-refractivity contribution in [3.05, 3.63) is 17.5 Å². The smallest absolute Gasteiger partial charge is 0.150 e.